The van der Waals surface area contributed by atoms with Gasteiger partial charge in [-0.05, 0) is 33.8 Å². The summed E-state index contributed by atoms with van der Waals surface area (Å²) in [7, 11) is 0. The first-order valence-corrected chi connectivity index (χ1v) is 8.49. The summed E-state index contributed by atoms with van der Waals surface area (Å²) in [4.78, 5) is 10.6. The molecule has 1 fully saturated rings. The summed E-state index contributed by atoms with van der Waals surface area (Å²) >= 11 is 0. The van der Waals surface area contributed by atoms with Crippen LogP contribution in [0.4, 0.5) is 14.7 Å². The van der Waals surface area contributed by atoms with Crippen LogP contribution in [0.3, 0.4) is 0 Å². The average Bonchev–Trinajstić information content (AvgIpc) is 2.94. The van der Waals surface area contributed by atoms with E-state index in [1.54, 1.807) is 6.20 Å². The van der Waals surface area contributed by atoms with E-state index in [-0.39, 0.29) is 17.9 Å². The highest BCUT2D eigenvalue weighted by molar-refractivity contribution is 5.63. The number of aromatic nitrogens is 4. The molecular formula is C17H23F2N5O. The highest BCUT2D eigenvalue weighted by atomic mass is 19.3. The van der Waals surface area contributed by atoms with Gasteiger partial charge in [-0.15, -0.1) is 0 Å². The molecule has 2 aromatic rings. The fourth-order valence-electron chi connectivity index (χ4n) is 3.20. The van der Waals surface area contributed by atoms with E-state index in [1.165, 1.54) is 6.07 Å². The second-order valence-electron chi connectivity index (χ2n) is 6.40. The third-order valence-electron chi connectivity index (χ3n) is 4.34. The monoisotopic (exact) mass is 351 g/mol. The number of hydrogen-bond donors (Lipinski definition) is 0. The first-order valence-electron chi connectivity index (χ1n) is 8.49. The van der Waals surface area contributed by atoms with Gasteiger partial charge in [-0.3, -0.25) is 4.68 Å². The number of ether oxygens (including phenoxy) is 1. The molecule has 0 aliphatic carbocycles. The van der Waals surface area contributed by atoms with Gasteiger partial charge in [-0.1, -0.05) is 0 Å². The number of halogens is 2. The zero-order chi connectivity index (χ0) is 18.1. The molecule has 6 nitrogen and oxygen atoms in total. The molecule has 0 N–H and O–H groups in total. The molecule has 0 radical (unpaired) electrons. The van der Waals surface area contributed by atoms with Crippen molar-refractivity contribution in [2.75, 3.05) is 18.0 Å². The van der Waals surface area contributed by atoms with Gasteiger partial charge in [0.25, 0.3) is 6.43 Å². The molecule has 0 unspecified atom stereocenters. The predicted octanol–water partition coefficient (Wildman–Crippen LogP) is 3.22. The maximum absolute atomic E-state index is 13.4. The van der Waals surface area contributed by atoms with Crippen molar-refractivity contribution in [2.24, 2.45) is 0 Å². The van der Waals surface area contributed by atoms with E-state index in [0.29, 0.717) is 31.3 Å². The van der Waals surface area contributed by atoms with Crippen molar-refractivity contribution in [3.8, 4) is 11.3 Å². The Morgan fingerprint density at radius 3 is 2.48 bits per heavy atom. The Hall–Kier alpha value is -2.09. The number of nitrogens with zero attached hydrogens (tertiary/aromatic N) is 5. The van der Waals surface area contributed by atoms with Gasteiger partial charge in [0.1, 0.15) is 5.69 Å². The molecule has 1 saturated heterocycles. The number of alkyl halides is 2. The van der Waals surface area contributed by atoms with Crippen LogP contribution in [0.2, 0.25) is 0 Å². The minimum Gasteiger partial charge on any atom is -0.372 e. The zero-order valence-corrected chi connectivity index (χ0v) is 14.9. The number of morpholine rings is 1. The van der Waals surface area contributed by atoms with Crippen LogP contribution in [0, 0.1) is 6.92 Å². The van der Waals surface area contributed by atoms with Crippen LogP contribution >= 0.6 is 0 Å². The smallest absolute Gasteiger partial charge is 0.280 e. The van der Waals surface area contributed by atoms with E-state index < -0.39 is 6.43 Å². The maximum Gasteiger partial charge on any atom is 0.280 e. The molecule has 0 amide bonds. The lowest BCUT2D eigenvalue weighted by molar-refractivity contribution is -0.00575. The van der Waals surface area contributed by atoms with Crippen molar-refractivity contribution in [2.45, 2.75) is 52.9 Å². The molecule has 0 spiro atoms. The number of rotatable bonds is 4. The molecule has 8 heteroatoms. The third-order valence-corrected chi connectivity index (χ3v) is 4.34. The largest absolute Gasteiger partial charge is 0.372 e. The van der Waals surface area contributed by atoms with Gasteiger partial charge in [-0.2, -0.15) is 5.10 Å². The lowest BCUT2D eigenvalue weighted by Crippen LogP contribution is -2.46. The summed E-state index contributed by atoms with van der Waals surface area (Å²) in [6.07, 6.45) is -0.991. The highest BCUT2D eigenvalue weighted by Gasteiger charge is 2.26. The second kappa shape index (κ2) is 7.03. The molecule has 0 aromatic carbocycles. The summed E-state index contributed by atoms with van der Waals surface area (Å²) in [6.45, 7) is 9.66. The third kappa shape index (κ3) is 3.63. The van der Waals surface area contributed by atoms with Crippen LogP contribution in [-0.2, 0) is 11.3 Å². The fourth-order valence-corrected chi connectivity index (χ4v) is 3.20. The van der Waals surface area contributed by atoms with E-state index >= 15 is 0 Å². The molecule has 1 aliphatic heterocycles. The molecule has 0 bridgehead atoms. The maximum atomic E-state index is 13.4. The van der Waals surface area contributed by atoms with Crippen LogP contribution in [0.25, 0.3) is 11.3 Å². The van der Waals surface area contributed by atoms with Crippen molar-refractivity contribution in [1.82, 2.24) is 19.7 Å². The van der Waals surface area contributed by atoms with Gasteiger partial charge in [0.05, 0.1) is 24.1 Å². The van der Waals surface area contributed by atoms with Crippen LogP contribution in [0.5, 0.6) is 0 Å². The van der Waals surface area contributed by atoms with Crippen LogP contribution < -0.4 is 4.90 Å². The zero-order valence-electron chi connectivity index (χ0n) is 14.9. The standard InChI is InChI=1S/C17H23F2N5O/c1-5-24-12(4)13(7-20-24)14-6-15(16(18)19)22-17(21-14)23-8-10(2)25-11(3)9-23/h6-7,10-11,16H,5,8-9H2,1-4H3/t10-,11-/m0/s1. The van der Waals surface area contributed by atoms with E-state index in [1.807, 2.05) is 37.3 Å². The SMILES string of the molecule is CCn1ncc(-c2cc(C(F)F)nc(N3C[C@H](C)O[C@@H](C)C3)n2)c1C. The van der Waals surface area contributed by atoms with Gasteiger partial charge in [-0.25, -0.2) is 18.7 Å². The Kier molecular flexibility index (Phi) is 4.99. The lowest BCUT2D eigenvalue weighted by atomic mass is 10.1. The predicted molar refractivity (Wildman–Crippen MR) is 90.8 cm³/mol. The van der Waals surface area contributed by atoms with E-state index in [9.17, 15) is 8.78 Å². The highest BCUT2D eigenvalue weighted by Crippen LogP contribution is 2.28. The topological polar surface area (TPSA) is 56.1 Å². The summed E-state index contributed by atoms with van der Waals surface area (Å²) in [5.74, 6) is 0.318. The number of aryl methyl sites for hydroxylation is 1. The summed E-state index contributed by atoms with van der Waals surface area (Å²) in [5, 5.41) is 4.29. The molecular weight excluding hydrogens is 328 g/mol. The van der Waals surface area contributed by atoms with Crippen molar-refractivity contribution in [3.63, 3.8) is 0 Å². The quantitative estimate of drug-likeness (QED) is 0.847. The van der Waals surface area contributed by atoms with Gasteiger partial charge in [0, 0.05) is 30.9 Å². The number of hydrogen-bond acceptors (Lipinski definition) is 5. The minimum absolute atomic E-state index is 0.00409. The second-order valence-corrected chi connectivity index (χ2v) is 6.40. The van der Waals surface area contributed by atoms with Crippen LogP contribution in [-0.4, -0.2) is 45.0 Å². The average molecular weight is 351 g/mol. The Morgan fingerprint density at radius 1 is 1.24 bits per heavy atom. The lowest BCUT2D eigenvalue weighted by Gasteiger charge is -2.35. The summed E-state index contributed by atoms with van der Waals surface area (Å²) in [6, 6.07) is 1.35. The molecule has 3 rings (SSSR count). The molecule has 1 aliphatic rings. The van der Waals surface area contributed by atoms with Crippen molar-refractivity contribution < 1.29 is 13.5 Å². The van der Waals surface area contributed by atoms with Gasteiger partial charge in [0.2, 0.25) is 5.95 Å². The summed E-state index contributed by atoms with van der Waals surface area (Å²) in [5.41, 5.74) is 1.86. The Morgan fingerprint density at radius 2 is 1.92 bits per heavy atom. The van der Waals surface area contributed by atoms with Gasteiger partial charge >= 0.3 is 0 Å². The Balaban J connectivity index is 2.04. The molecule has 3 heterocycles. The Bertz CT molecular complexity index is 739. The fraction of sp³-hybridized carbons (Fsp3) is 0.588. The minimum atomic E-state index is -2.65. The molecule has 2 aromatic heterocycles. The molecule has 136 valence electrons. The van der Waals surface area contributed by atoms with Gasteiger partial charge < -0.3 is 9.64 Å². The first-order chi connectivity index (χ1) is 11.9. The van der Waals surface area contributed by atoms with Gasteiger partial charge in [0.15, 0.2) is 0 Å². The van der Waals surface area contributed by atoms with Crippen molar-refractivity contribution in [3.05, 3.63) is 23.7 Å². The first kappa shape index (κ1) is 17.7. The van der Waals surface area contributed by atoms with E-state index in [0.717, 1.165) is 11.3 Å². The van der Waals surface area contributed by atoms with E-state index in [2.05, 4.69) is 15.1 Å². The normalized spacial score (nSPS) is 21.2. The number of anilines is 1. The van der Waals surface area contributed by atoms with Crippen LogP contribution in [0.1, 0.15) is 38.6 Å². The molecule has 2 atom stereocenters. The molecule has 0 saturated carbocycles. The molecule has 25 heavy (non-hydrogen) atoms. The van der Waals surface area contributed by atoms with Crippen LogP contribution in [0.15, 0.2) is 12.3 Å². The summed E-state index contributed by atoms with van der Waals surface area (Å²) < 4.78 is 34.3. The van der Waals surface area contributed by atoms with Crippen molar-refractivity contribution >= 4 is 5.95 Å². The van der Waals surface area contributed by atoms with Crippen molar-refractivity contribution in [1.29, 1.82) is 0 Å². The van der Waals surface area contributed by atoms with E-state index in [4.69, 9.17) is 4.74 Å². The Labute approximate surface area is 145 Å².